The van der Waals surface area contributed by atoms with Gasteiger partial charge in [0.15, 0.2) is 0 Å². The van der Waals surface area contributed by atoms with Crippen LogP contribution >= 0.6 is 0 Å². The van der Waals surface area contributed by atoms with Crippen molar-refractivity contribution in [1.29, 1.82) is 0 Å². The number of nitrogens with zero attached hydrogens (tertiary/aromatic N) is 3. The van der Waals surface area contributed by atoms with Crippen LogP contribution in [-0.4, -0.2) is 14.1 Å². The van der Waals surface area contributed by atoms with Crippen molar-refractivity contribution < 1.29 is 0 Å². The lowest BCUT2D eigenvalue weighted by Gasteiger charge is -2.11. The van der Waals surface area contributed by atoms with Crippen LogP contribution in [0.15, 0.2) is 237 Å². The average Bonchev–Trinajstić information content (AvgIpc) is 4.02. The fourth-order valence-electron chi connectivity index (χ4n) is 10.8. The zero-order valence-electron chi connectivity index (χ0n) is 35.9. The summed E-state index contributed by atoms with van der Waals surface area (Å²) in [6.45, 7) is 0. The second-order valence-corrected chi connectivity index (χ2v) is 17.5. The molecule has 14 rings (SSSR count). The molecule has 0 aliphatic heterocycles. The Hall–Kier alpha value is -8.79. The normalized spacial score (nSPS) is 11.9. The average molecular weight is 838 g/mol. The highest BCUT2D eigenvalue weighted by Crippen LogP contribution is 2.48. The molecule has 0 bridgehead atoms. The first-order valence-corrected chi connectivity index (χ1v) is 22.7. The highest BCUT2D eigenvalue weighted by Gasteiger charge is 2.23. The second-order valence-electron chi connectivity index (χ2n) is 17.5. The summed E-state index contributed by atoms with van der Waals surface area (Å²) in [5, 5.41) is 6.18. The first-order valence-electron chi connectivity index (χ1n) is 22.7. The van der Waals surface area contributed by atoms with Crippen molar-refractivity contribution in [1.82, 2.24) is 14.1 Å². The van der Waals surface area contributed by atoms with Gasteiger partial charge in [-0.3, -0.25) is 0 Å². The molecular formula is C63H39N3. The third kappa shape index (κ3) is 5.60. The van der Waals surface area contributed by atoms with E-state index in [1.54, 1.807) is 0 Å². The summed E-state index contributed by atoms with van der Waals surface area (Å²) in [7, 11) is 0. The molecular weight excluding hydrogens is 799 g/mol. The highest BCUT2D eigenvalue weighted by molar-refractivity contribution is 6.16. The van der Waals surface area contributed by atoms with Gasteiger partial charge in [0.1, 0.15) is 0 Å². The molecule has 0 atom stereocenters. The number of fused-ring (bicyclic) bond motifs is 9. The van der Waals surface area contributed by atoms with E-state index in [-0.39, 0.29) is 0 Å². The van der Waals surface area contributed by atoms with Crippen LogP contribution in [0.5, 0.6) is 0 Å². The molecule has 0 radical (unpaired) electrons. The van der Waals surface area contributed by atoms with Gasteiger partial charge in [0, 0.05) is 43.9 Å². The topological polar surface area (TPSA) is 22.8 Å². The molecule has 10 aromatic carbocycles. The molecule has 13 aromatic rings. The first kappa shape index (κ1) is 36.7. The third-order valence-electron chi connectivity index (χ3n) is 13.9. The van der Waals surface area contributed by atoms with Gasteiger partial charge in [0.05, 0.1) is 33.3 Å². The van der Waals surface area contributed by atoms with E-state index in [2.05, 4.69) is 246 Å². The molecule has 0 spiro atoms. The van der Waals surface area contributed by atoms with E-state index in [0.717, 1.165) is 28.1 Å². The Morgan fingerprint density at radius 2 is 0.712 bits per heavy atom. The quantitative estimate of drug-likeness (QED) is 0.164. The lowest BCUT2D eigenvalue weighted by Crippen LogP contribution is -1.94. The number of para-hydroxylation sites is 2. The maximum atomic E-state index is 5.20. The van der Waals surface area contributed by atoms with Crippen LogP contribution < -0.4 is 0 Å². The monoisotopic (exact) mass is 837 g/mol. The molecule has 1 aliphatic carbocycles. The van der Waals surface area contributed by atoms with Crippen molar-refractivity contribution in [3.63, 3.8) is 0 Å². The molecule has 306 valence electrons. The van der Waals surface area contributed by atoms with Crippen molar-refractivity contribution >= 4 is 54.5 Å². The summed E-state index contributed by atoms with van der Waals surface area (Å²) in [5.41, 5.74) is 22.4. The van der Waals surface area contributed by atoms with E-state index in [1.165, 1.54) is 105 Å². The second kappa shape index (κ2) is 14.4. The van der Waals surface area contributed by atoms with Crippen molar-refractivity contribution in [2.45, 2.75) is 0 Å². The Bertz CT molecular complexity index is 4080. The van der Waals surface area contributed by atoms with Crippen LogP contribution in [0.3, 0.4) is 0 Å². The van der Waals surface area contributed by atoms with Gasteiger partial charge in [0.25, 0.3) is 0 Å². The number of aromatic nitrogens is 3. The Kier molecular flexibility index (Phi) is 7.98. The number of rotatable bonds is 6. The summed E-state index contributed by atoms with van der Waals surface area (Å²) in [6.07, 6.45) is 0. The number of pyridine rings is 1. The van der Waals surface area contributed by atoms with E-state index in [9.17, 15) is 0 Å². The van der Waals surface area contributed by atoms with E-state index in [0.29, 0.717) is 0 Å². The maximum Gasteiger partial charge on any atom is 0.0722 e. The van der Waals surface area contributed by atoms with Gasteiger partial charge < -0.3 is 9.13 Å². The minimum atomic E-state index is 0.990. The molecule has 3 heteroatoms. The highest BCUT2D eigenvalue weighted by atomic mass is 15.0. The van der Waals surface area contributed by atoms with Crippen LogP contribution in [0.25, 0.3) is 133 Å². The minimum absolute atomic E-state index is 0.990. The third-order valence-corrected chi connectivity index (χ3v) is 13.9. The number of hydrogen-bond donors (Lipinski definition) is 0. The molecule has 3 aromatic heterocycles. The minimum Gasteiger partial charge on any atom is -0.309 e. The standard InChI is InChI=1S/C63H39N3/c1-3-13-40(14-4-1)43-15-11-18-48(35-43)66-61-32-29-44(41-25-27-42(28-26-41)58-39-56-50-20-8-7-19-49(50)52-22-12-23-57(64-58)63(52)56)36-54(61)55-38-46(31-34-62(55)66)45-30-33-60-53(37-45)51-21-9-10-24-59(51)65(60)47-16-5-2-6-17-47/h1-39H. The van der Waals surface area contributed by atoms with Gasteiger partial charge in [0.2, 0.25) is 0 Å². The zero-order valence-corrected chi connectivity index (χ0v) is 35.9. The van der Waals surface area contributed by atoms with Crippen LogP contribution in [0.2, 0.25) is 0 Å². The molecule has 0 amide bonds. The summed E-state index contributed by atoms with van der Waals surface area (Å²) < 4.78 is 4.81. The van der Waals surface area contributed by atoms with Crippen molar-refractivity contribution in [3.8, 4) is 78.3 Å². The molecule has 66 heavy (non-hydrogen) atoms. The summed E-state index contributed by atoms with van der Waals surface area (Å²) in [5.74, 6) is 0. The summed E-state index contributed by atoms with van der Waals surface area (Å²) in [4.78, 5) is 5.20. The van der Waals surface area contributed by atoms with Gasteiger partial charge in [-0.15, -0.1) is 0 Å². The molecule has 0 unspecified atom stereocenters. The molecule has 0 fully saturated rings. The van der Waals surface area contributed by atoms with Crippen LogP contribution in [0.4, 0.5) is 0 Å². The fourth-order valence-corrected chi connectivity index (χ4v) is 10.8. The van der Waals surface area contributed by atoms with E-state index in [4.69, 9.17) is 4.98 Å². The van der Waals surface area contributed by atoms with E-state index >= 15 is 0 Å². The van der Waals surface area contributed by atoms with Crippen molar-refractivity contribution in [2.24, 2.45) is 0 Å². The smallest absolute Gasteiger partial charge is 0.0722 e. The molecule has 3 nitrogen and oxygen atoms in total. The van der Waals surface area contributed by atoms with Crippen molar-refractivity contribution in [3.05, 3.63) is 237 Å². The Morgan fingerprint density at radius 3 is 1.42 bits per heavy atom. The predicted octanol–water partition coefficient (Wildman–Crippen LogP) is 16.7. The van der Waals surface area contributed by atoms with Crippen molar-refractivity contribution in [2.75, 3.05) is 0 Å². The van der Waals surface area contributed by atoms with Crippen LogP contribution in [0, 0.1) is 0 Å². The molecule has 0 saturated heterocycles. The summed E-state index contributed by atoms with van der Waals surface area (Å²) >= 11 is 0. The largest absolute Gasteiger partial charge is 0.309 e. The van der Waals surface area contributed by atoms with Crippen LogP contribution in [0.1, 0.15) is 0 Å². The van der Waals surface area contributed by atoms with E-state index < -0.39 is 0 Å². The lowest BCUT2D eigenvalue weighted by molar-refractivity contribution is 1.18. The molecule has 1 aliphatic rings. The zero-order chi connectivity index (χ0) is 43.3. The lowest BCUT2D eigenvalue weighted by atomic mass is 9.98. The van der Waals surface area contributed by atoms with Crippen LogP contribution in [-0.2, 0) is 0 Å². The number of benzene rings is 10. The SMILES string of the molecule is c1ccc(-c2cccc(-n3c4ccc(-c5ccc(-c6cc7c8c(cccc8n6)-c6ccccc6-7)cc5)cc4c4cc(-c5ccc6c(c5)c5ccccc5n6-c5ccccc5)ccc43)c2)cc1. The van der Waals surface area contributed by atoms with E-state index in [1.807, 2.05) is 0 Å². The first-order chi connectivity index (χ1) is 32.7. The summed E-state index contributed by atoms with van der Waals surface area (Å²) in [6, 6.07) is 86.4. The predicted molar refractivity (Wildman–Crippen MR) is 277 cm³/mol. The molecule has 3 heterocycles. The Morgan fingerprint density at radius 1 is 0.258 bits per heavy atom. The van der Waals surface area contributed by atoms with Gasteiger partial charge in [-0.25, -0.2) is 4.98 Å². The van der Waals surface area contributed by atoms with Gasteiger partial charge in [-0.05, 0) is 134 Å². The van der Waals surface area contributed by atoms with Gasteiger partial charge in [-0.1, -0.05) is 158 Å². The molecule has 0 N–H and O–H groups in total. The fraction of sp³-hybridized carbons (Fsp3) is 0. The Balaban J connectivity index is 0.911. The van der Waals surface area contributed by atoms with Gasteiger partial charge >= 0.3 is 0 Å². The number of hydrogen-bond acceptors (Lipinski definition) is 1. The maximum absolute atomic E-state index is 5.20. The van der Waals surface area contributed by atoms with Gasteiger partial charge in [-0.2, -0.15) is 0 Å². The Labute approximate surface area is 381 Å². The molecule has 0 saturated carbocycles.